The van der Waals surface area contributed by atoms with Crippen LogP contribution in [0.1, 0.15) is 45.1 Å². The van der Waals surface area contributed by atoms with Crippen molar-refractivity contribution in [2.45, 2.75) is 58.2 Å². The van der Waals surface area contributed by atoms with Gasteiger partial charge in [0.1, 0.15) is 11.2 Å². The Balaban J connectivity index is 1.96. The number of carbonyl (C=O) groups is 2. The van der Waals surface area contributed by atoms with E-state index in [-0.39, 0.29) is 17.9 Å². The highest BCUT2D eigenvalue weighted by molar-refractivity contribution is 6.06. The third-order valence-corrected chi connectivity index (χ3v) is 6.01. The molecule has 0 aromatic heterocycles. The zero-order chi connectivity index (χ0) is 19.6. The second kappa shape index (κ2) is 7.85. The molecule has 2 aliphatic rings. The molecule has 5 nitrogen and oxygen atoms in total. The number of ether oxygens (including phenoxy) is 2. The number of esters is 1. The van der Waals surface area contributed by atoms with Gasteiger partial charge in [-0.05, 0) is 50.8 Å². The van der Waals surface area contributed by atoms with Crippen LogP contribution in [0.5, 0.6) is 5.75 Å². The maximum absolute atomic E-state index is 13.1. The van der Waals surface area contributed by atoms with Gasteiger partial charge in [-0.1, -0.05) is 23.8 Å². The zero-order valence-electron chi connectivity index (χ0n) is 16.7. The van der Waals surface area contributed by atoms with Gasteiger partial charge >= 0.3 is 5.97 Å². The van der Waals surface area contributed by atoms with E-state index in [9.17, 15) is 9.59 Å². The van der Waals surface area contributed by atoms with Crippen molar-refractivity contribution in [1.82, 2.24) is 4.90 Å². The Bertz CT molecular complexity index is 752. The molecule has 0 aliphatic carbocycles. The largest absolute Gasteiger partial charge is 0.497 e. The van der Waals surface area contributed by atoms with Gasteiger partial charge in [-0.2, -0.15) is 0 Å². The number of allylic oxidation sites excluding steroid dienone is 2. The molecule has 27 heavy (non-hydrogen) atoms. The predicted molar refractivity (Wildman–Crippen MR) is 103 cm³/mol. The second-order valence-corrected chi connectivity index (χ2v) is 7.85. The third-order valence-electron chi connectivity index (χ3n) is 6.01. The molecule has 0 amide bonds. The van der Waals surface area contributed by atoms with Crippen LogP contribution in [-0.2, 0) is 20.9 Å². The summed E-state index contributed by atoms with van der Waals surface area (Å²) in [6, 6.07) is 8.05. The summed E-state index contributed by atoms with van der Waals surface area (Å²) in [5, 5.41) is 0. The number of fused-ring (bicyclic) bond motifs is 2. The van der Waals surface area contributed by atoms with E-state index in [1.165, 1.54) is 7.11 Å². The van der Waals surface area contributed by atoms with Crippen LogP contribution in [0.4, 0.5) is 0 Å². The SMILES string of the molecule is COC(=O)[C@@]1(CC=C(C)C)C(=O)C[C@H]2CC[C@@H]1N2Cc1cccc(OC)c1. The first-order valence-corrected chi connectivity index (χ1v) is 9.56. The maximum Gasteiger partial charge on any atom is 0.321 e. The summed E-state index contributed by atoms with van der Waals surface area (Å²) in [6.45, 7) is 4.68. The Kier molecular flexibility index (Phi) is 5.70. The Morgan fingerprint density at radius 3 is 2.74 bits per heavy atom. The van der Waals surface area contributed by atoms with Crippen LogP contribution in [0.15, 0.2) is 35.9 Å². The lowest BCUT2D eigenvalue weighted by Crippen LogP contribution is -2.60. The molecule has 2 heterocycles. The van der Waals surface area contributed by atoms with Crippen LogP contribution in [0.2, 0.25) is 0 Å². The molecule has 0 saturated carbocycles. The minimum Gasteiger partial charge on any atom is -0.497 e. The lowest BCUT2D eigenvalue weighted by molar-refractivity contribution is -0.166. The van der Waals surface area contributed by atoms with E-state index < -0.39 is 11.4 Å². The smallest absolute Gasteiger partial charge is 0.321 e. The minimum absolute atomic E-state index is 0.0289. The quantitative estimate of drug-likeness (QED) is 0.435. The highest BCUT2D eigenvalue weighted by atomic mass is 16.5. The molecule has 2 fully saturated rings. The molecule has 3 rings (SSSR count). The zero-order valence-corrected chi connectivity index (χ0v) is 16.7. The fourth-order valence-corrected chi connectivity index (χ4v) is 4.62. The molecule has 2 saturated heterocycles. The molecule has 0 radical (unpaired) electrons. The Labute approximate surface area is 161 Å². The number of benzene rings is 1. The lowest BCUT2D eigenvalue weighted by atomic mass is 9.69. The number of methoxy groups -OCH3 is 2. The summed E-state index contributed by atoms with van der Waals surface area (Å²) < 4.78 is 10.5. The van der Waals surface area contributed by atoms with E-state index in [0.717, 1.165) is 29.7 Å². The first-order chi connectivity index (χ1) is 12.9. The summed E-state index contributed by atoms with van der Waals surface area (Å²) in [7, 11) is 3.04. The van der Waals surface area contributed by atoms with Crippen LogP contribution in [0.3, 0.4) is 0 Å². The summed E-state index contributed by atoms with van der Waals surface area (Å²) in [5.74, 6) is 0.448. The van der Waals surface area contributed by atoms with Gasteiger partial charge in [0.05, 0.1) is 14.2 Å². The van der Waals surface area contributed by atoms with Crippen LogP contribution in [0, 0.1) is 5.41 Å². The number of piperidine rings is 1. The van der Waals surface area contributed by atoms with Gasteiger partial charge in [-0.25, -0.2) is 0 Å². The standard InChI is InChI=1S/C22H29NO4/c1-15(2)10-11-22(21(25)27-4)19-9-8-17(13-20(22)24)23(19)14-16-6-5-7-18(12-16)26-3/h5-7,10,12,17,19H,8-9,11,13-14H2,1-4H3/t17-,19+,22-/m1/s1. The Morgan fingerprint density at radius 1 is 1.30 bits per heavy atom. The molecule has 0 unspecified atom stereocenters. The predicted octanol–water partition coefficient (Wildman–Crippen LogP) is 3.52. The van der Waals surface area contributed by atoms with Crippen LogP contribution in [0.25, 0.3) is 0 Å². The minimum atomic E-state index is -1.10. The number of Topliss-reactive ketones (excluding diaryl/α,β-unsaturated/α-hetero) is 1. The first kappa shape index (κ1) is 19.6. The molecular weight excluding hydrogens is 342 g/mol. The molecule has 0 N–H and O–H groups in total. The van der Waals surface area contributed by atoms with Gasteiger partial charge < -0.3 is 9.47 Å². The van der Waals surface area contributed by atoms with E-state index in [0.29, 0.717) is 19.4 Å². The average Bonchev–Trinajstić information content (AvgIpc) is 2.97. The maximum atomic E-state index is 13.1. The highest BCUT2D eigenvalue weighted by Crippen LogP contribution is 2.48. The van der Waals surface area contributed by atoms with E-state index in [2.05, 4.69) is 11.0 Å². The van der Waals surface area contributed by atoms with Crippen molar-refractivity contribution >= 4 is 11.8 Å². The highest BCUT2D eigenvalue weighted by Gasteiger charge is 2.60. The van der Waals surface area contributed by atoms with E-state index >= 15 is 0 Å². The van der Waals surface area contributed by atoms with Gasteiger partial charge in [-0.15, -0.1) is 0 Å². The van der Waals surface area contributed by atoms with E-state index in [1.54, 1.807) is 7.11 Å². The summed E-state index contributed by atoms with van der Waals surface area (Å²) in [6.07, 6.45) is 4.59. The molecule has 0 spiro atoms. The van der Waals surface area contributed by atoms with Crippen molar-refractivity contribution in [2.24, 2.45) is 5.41 Å². The molecular formula is C22H29NO4. The lowest BCUT2D eigenvalue weighted by Gasteiger charge is -2.45. The number of ketones is 1. The van der Waals surface area contributed by atoms with Crippen molar-refractivity contribution in [3.05, 3.63) is 41.5 Å². The van der Waals surface area contributed by atoms with Crippen molar-refractivity contribution in [1.29, 1.82) is 0 Å². The molecule has 146 valence electrons. The van der Waals surface area contributed by atoms with Gasteiger partial charge in [0.15, 0.2) is 5.78 Å². The number of rotatable bonds is 6. The molecule has 2 bridgehead atoms. The van der Waals surface area contributed by atoms with Crippen molar-refractivity contribution in [2.75, 3.05) is 14.2 Å². The van der Waals surface area contributed by atoms with Crippen LogP contribution in [-0.4, -0.2) is 43.0 Å². The van der Waals surface area contributed by atoms with Gasteiger partial charge in [0.2, 0.25) is 0 Å². The van der Waals surface area contributed by atoms with E-state index in [1.807, 2.05) is 38.1 Å². The summed E-state index contributed by atoms with van der Waals surface area (Å²) in [4.78, 5) is 28.3. The van der Waals surface area contributed by atoms with Crippen molar-refractivity contribution < 1.29 is 19.1 Å². The fourth-order valence-electron chi connectivity index (χ4n) is 4.62. The Hall–Kier alpha value is -2.14. The summed E-state index contributed by atoms with van der Waals surface area (Å²) in [5.41, 5.74) is 1.13. The van der Waals surface area contributed by atoms with Crippen LogP contribution < -0.4 is 4.74 Å². The first-order valence-electron chi connectivity index (χ1n) is 9.56. The van der Waals surface area contributed by atoms with Crippen molar-refractivity contribution in [3.8, 4) is 5.75 Å². The van der Waals surface area contributed by atoms with Gasteiger partial charge in [0.25, 0.3) is 0 Å². The number of carbonyl (C=O) groups excluding carboxylic acids is 2. The van der Waals surface area contributed by atoms with Crippen molar-refractivity contribution in [3.63, 3.8) is 0 Å². The third kappa shape index (κ3) is 3.53. The monoisotopic (exact) mass is 371 g/mol. The second-order valence-electron chi connectivity index (χ2n) is 7.85. The molecule has 1 aromatic rings. The topological polar surface area (TPSA) is 55.8 Å². The fraction of sp³-hybridized carbons (Fsp3) is 0.545. The number of nitrogens with zero attached hydrogens (tertiary/aromatic N) is 1. The average molecular weight is 371 g/mol. The molecule has 2 aliphatic heterocycles. The molecule has 3 atom stereocenters. The molecule has 5 heteroatoms. The van der Waals surface area contributed by atoms with Crippen LogP contribution >= 0.6 is 0 Å². The number of hydrogen-bond donors (Lipinski definition) is 0. The van der Waals surface area contributed by atoms with E-state index in [4.69, 9.17) is 9.47 Å². The number of hydrogen-bond acceptors (Lipinski definition) is 5. The normalized spacial score (nSPS) is 27.3. The molecule has 1 aromatic carbocycles. The van der Waals surface area contributed by atoms with Gasteiger partial charge in [-0.3, -0.25) is 14.5 Å². The summed E-state index contributed by atoms with van der Waals surface area (Å²) >= 11 is 0. The Morgan fingerprint density at radius 2 is 2.07 bits per heavy atom. The van der Waals surface area contributed by atoms with Gasteiger partial charge in [0, 0.05) is 25.0 Å².